The van der Waals surface area contributed by atoms with Gasteiger partial charge in [-0.25, -0.2) is 0 Å². The van der Waals surface area contributed by atoms with E-state index in [1.165, 1.54) is 38.0 Å². The van der Waals surface area contributed by atoms with Crippen LogP contribution in [0.15, 0.2) is 72.9 Å². The van der Waals surface area contributed by atoms with E-state index in [0.717, 1.165) is 12.2 Å². The Balaban J connectivity index is 1.91. The molecular weight excluding hydrogens is 318 g/mol. The van der Waals surface area contributed by atoms with Gasteiger partial charge in [-0.1, -0.05) is 48.6 Å². The van der Waals surface area contributed by atoms with Crippen molar-refractivity contribution in [2.75, 3.05) is 7.11 Å². The van der Waals surface area contributed by atoms with E-state index in [4.69, 9.17) is 4.74 Å². The molecule has 0 saturated heterocycles. The Morgan fingerprint density at radius 3 is 2.69 bits per heavy atom. The van der Waals surface area contributed by atoms with Crippen molar-refractivity contribution in [3.05, 3.63) is 94.5 Å². The molecule has 0 radical (unpaired) electrons. The van der Waals surface area contributed by atoms with Crippen molar-refractivity contribution in [3.63, 3.8) is 0 Å². The van der Waals surface area contributed by atoms with Crippen LogP contribution >= 0.6 is 0 Å². The summed E-state index contributed by atoms with van der Waals surface area (Å²) in [6.07, 6.45) is 12.0. The summed E-state index contributed by atoms with van der Waals surface area (Å²) in [7, 11) is 1.70. The van der Waals surface area contributed by atoms with Crippen molar-refractivity contribution in [1.82, 2.24) is 4.40 Å². The number of para-hydroxylation sites is 1. The van der Waals surface area contributed by atoms with Crippen molar-refractivity contribution in [3.8, 4) is 5.75 Å². The highest BCUT2D eigenvalue weighted by Gasteiger charge is 2.11. The second kappa shape index (κ2) is 5.92. The predicted octanol–water partition coefficient (Wildman–Crippen LogP) is 3.82. The Labute approximate surface area is 152 Å². The van der Waals surface area contributed by atoms with Crippen LogP contribution in [0.25, 0.3) is 28.6 Å². The fourth-order valence-corrected chi connectivity index (χ4v) is 3.89. The topological polar surface area (TPSA) is 13.6 Å². The molecule has 0 saturated carbocycles. The van der Waals surface area contributed by atoms with E-state index in [0.29, 0.717) is 0 Å². The first kappa shape index (κ1) is 15.0. The summed E-state index contributed by atoms with van der Waals surface area (Å²) >= 11 is 0. The van der Waals surface area contributed by atoms with E-state index < -0.39 is 0 Å². The van der Waals surface area contributed by atoms with E-state index in [1.807, 2.05) is 12.1 Å². The summed E-state index contributed by atoms with van der Waals surface area (Å²) in [4.78, 5) is 0. The standard InChI is InChI=1S/C24H19NO/c1-26-19-12-10-17(11-13-19)16-22-21-8-4-5-9-23(21)25-15-14-18-6-2-3-7-20(18)24(22)25/h2-6,8-16H,7H2,1H3. The van der Waals surface area contributed by atoms with Gasteiger partial charge in [0.05, 0.1) is 18.1 Å². The molecule has 0 fully saturated rings. The molecule has 0 unspecified atom stereocenters. The van der Waals surface area contributed by atoms with E-state index in [-0.39, 0.29) is 0 Å². The highest BCUT2D eigenvalue weighted by Crippen LogP contribution is 2.19. The van der Waals surface area contributed by atoms with E-state index in [2.05, 4.69) is 77.4 Å². The molecule has 1 aliphatic rings. The van der Waals surface area contributed by atoms with Gasteiger partial charge in [-0.05, 0) is 53.1 Å². The summed E-state index contributed by atoms with van der Waals surface area (Å²) in [5, 5.41) is 3.88. The van der Waals surface area contributed by atoms with Gasteiger partial charge in [-0.2, -0.15) is 0 Å². The first-order valence-electron chi connectivity index (χ1n) is 8.88. The van der Waals surface area contributed by atoms with Crippen LogP contribution in [0.5, 0.6) is 5.75 Å². The predicted molar refractivity (Wildman–Crippen MR) is 108 cm³/mol. The van der Waals surface area contributed by atoms with Gasteiger partial charge in [-0.15, -0.1) is 0 Å². The lowest BCUT2D eigenvalue weighted by Gasteiger charge is -2.07. The van der Waals surface area contributed by atoms with Gasteiger partial charge in [0.2, 0.25) is 0 Å². The van der Waals surface area contributed by atoms with Crippen LogP contribution in [0, 0.1) is 0 Å². The molecule has 0 amide bonds. The number of aromatic nitrogens is 1. The SMILES string of the molecule is COc1ccc(C=c2c3ccccc3n3ccc4c(c23)CC=CC=4)cc1. The molecule has 5 rings (SSSR count). The van der Waals surface area contributed by atoms with Crippen molar-refractivity contribution in [1.29, 1.82) is 0 Å². The molecule has 2 aromatic carbocycles. The molecule has 0 N–H and O–H groups in total. The maximum absolute atomic E-state index is 5.29. The first-order valence-corrected chi connectivity index (χ1v) is 8.88. The molecule has 1 aliphatic carbocycles. The van der Waals surface area contributed by atoms with Crippen LogP contribution in [-0.2, 0) is 6.42 Å². The highest BCUT2D eigenvalue weighted by molar-refractivity contribution is 5.91. The Kier molecular flexibility index (Phi) is 3.42. The van der Waals surface area contributed by atoms with Crippen LogP contribution in [0.4, 0.5) is 0 Å². The van der Waals surface area contributed by atoms with Crippen LogP contribution in [-0.4, -0.2) is 11.5 Å². The normalized spacial score (nSPS) is 13.8. The number of nitrogens with zero attached hydrogens (tertiary/aromatic N) is 1. The number of allylic oxidation sites excluding steroid dienone is 2. The van der Waals surface area contributed by atoms with E-state index in [1.54, 1.807) is 7.11 Å². The number of rotatable bonds is 2. The Hall–Kier alpha value is -3.26. The van der Waals surface area contributed by atoms with Gasteiger partial charge in [0.25, 0.3) is 0 Å². The largest absolute Gasteiger partial charge is 0.497 e. The number of methoxy groups -OCH3 is 1. The smallest absolute Gasteiger partial charge is 0.118 e. The molecule has 4 aromatic rings. The second-order valence-corrected chi connectivity index (χ2v) is 6.62. The summed E-state index contributed by atoms with van der Waals surface area (Å²) in [6, 6.07) is 19.1. The molecule has 0 aliphatic heterocycles. The lowest BCUT2D eigenvalue weighted by molar-refractivity contribution is 0.415. The monoisotopic (exact) mass is 337 g/mol. The Bertz CT molecular complexity index is 1270. The minimum Gasteiger partial charge on any atom is -0.497 e. The van der Waals surface area contributed by atoms with Gasteiger partial charge in [0, 0.05) is 16.8 Å². The molecule has 0 atom stereocenters. The molecule has 2 aromatic heterocycles. The number of fused-ring (bicyclic) bond motifs is 5. The third-order valence-corrected chi connectivity index (χ3v) is 5.15. The van der Waals surface area contributed by atoms with Crippen molar-refractivity contribution < 1.29 is 4.74 Å². The van der Waals surface area contributed by atoms with Gasteiger partial charge >= 0.3 is 0 Å². The summed E-state index contributed by atoms with van der Waals surface area (Å²) in [5.41, 5.74) is 5.13. The summed E-state index contributed by atoms with van der Waals surface area (Å²) in [5.74, 6) is 0.880. The molecule has 2 heterocycles. The molecule has 2 nitrogen and oxygen atoms in total. The van der Waals surface area contributed by atoms with Gasteiger partial charge in [0.1, 0.15) is 5.75 Å². The molecule has 2 heteroatoms. The zero-order valence-electron chi connectivity index (χ0n) is 14.6. The summed E-state index contributed by atoms with van der Waals surface area (Å²) < 4.78 is 7.62. The van der Waals surface area contributed by atoms with Crippen molar-refractivity contribution in [2.45, 2.75) is 6.42 Å². The number of benzene rings is 2. The number of hydrogen-bond donors (Lipinski definition) is 0. The zero-order valence-corrected chi connectivity index (χ0v) is 14.6. The molecule has 0 spiro atoms. The third kappa shape index (κ3) is 2.26. The highest BCUT2D eigenvalue weighted by atomic mass is 16.5. The fraction of sp³-hybridized carbons (Fsp3) is 0.0833. The van der Waals surface area contributed by atoms with Crippen molar-refractivity contribution in [2.24, 2.45) is 0 Å². The lowest BCUT2D eigenvalue weighted by atomic mass is 10.0. The molecular formula is C24H19NO. The fourth-order valence-electron chi connectivity index (χ4n) is 3.89. The van der Waals surface area contributed by atoms with Crippen LogP contribution in [0.3, 0.4) is 0 Å². The van der Waals surface area contributed by atoms with Crippen LogP contribution < -0.4 is 15.2 Å². The minimum atomic E-state index is 0.880. The van der Waals surface area contributed by atoms with Crippen LogP contribution in [0.2, 0.25) is 0 Å². The molecule has 0 bridgehead atoms. The van der Waals surface area contributed by atoms with Gasteiger partial charge in [0.15, 0.2) is 0 Å². The van der Waals surface area contributed by atoms with E-state index in [9.17, 15) is 0 Å². The number of pyridine rings is 1. The number of hydrogen-bond acceptors (Lipinski definition) is 1. The summed E-state index contributed by atoms with van der Waals surface area (Å²) in [6.45, 7) is 0. The Morgan fingerprint density at radius 2 is 1.85 bits per heavy atom. The average molecular weight is 337 g/mol. The van der Waals surface area contributed by atoms with Gasteiger partial charge in [-0.3, -0.25) is 0 Å². The third-order valence-electron chi connectivity index (χ3n) is 5.15. The van der Waals surface area contributed by atoms with Crippen molar-refractivity contribution >= 4 is 28.6 Å². The second-order valence-electron chi connectivity index (χ2n) is 6.62. The molecule has 126 valence electrons. The zero-order chi connectivity index (χ0) is 17.5. The van der Waals surface area contributed by atoms with Gasteiger partial charge < -0.3 is 9.14 Å². The maximum Gasteiger partial charge on any atom is 0.118 e. The molecule has 26 heavy (non-hydrogen) atoms. The average Bonchev–Trinajstić information content (AvgIpc) is 3.03. The van der Waals surface area contributed by atoms with E-state index >= 15 is 0 Å². The van der Waals surface area contributed by atoms with Crippen LogP contribution in [0.1, 0.15) is 11.1 Å². The number of ether oxygens (including phenoxy) is 1. The first-order chi connectivity index (χ1) is 12.8. The maximum atomic E-state index is 5.29. The minimum absolute atomic E-state index is 0.880. The quantitative estimate of drug-likeness (QED) is 0.542. The Morgan fingerprint density at radius 1 is 1.00 bits per heavy atom. The lowest BCUT2D eigenvalue weighted by Crippen LogP contribution is -2.16.